The van der Waals surface area contributed by atoms with Crippen molar-refractivity contribution in [3.63, 3.8) is 0 Å². The number of carbonyl (C=O) groups is 2. The molecule has 0 aromatic carbocycles. The Balaban J connectivity index is 1.31. The van der Waals surface area contributed by atoms with E-state index >= 15 is 0 Å². The number of hydrogen-bond donors (Lipinski definition) is 2. The fourth-order valence-electron chi connectivity index (χ4n) is 6.41. The number of thioether (sulfide) groups is 1. The van der Waals surface area contributed by atoms with E-state index in [0.29, 0.717) is 29.8 Å². The molecule has 8 nitrogen and oxygen atoms in total. The maximum Gasteiger partial charge on any atom is 0.411 e. The minimum atomic E-state index is -4.34. The van der Waals surface area contributed by atoms with Gasteiger partial charge in [-0.15, -0.1) is 11.8 Å². The van der Waals surface area contributed by atoms with Crippen molar-refractivity contribution in [2.75, 3.05) is 26.0 Å². The van der Waals surface area contributed by atoms with Crippen LogP contribution in [0.3, 0.4) is 0 Å². The lowest BCUT2D eigenvalue weighted by atomic mass is 9.80. The molecule has 2 aromatic heterocycles. The summed E-state index contributed by atoms with van der Waals surface area (Å²) < 4.78 is 47.9. The molecule has 2 atom stereocenters. The van der Waals surface area contributed by atoms with E-state index in [0.717, 1.165) is 28.8 Å². The molecule has 41 heavy (non-hydrogen) atoms. The van der Waals surface area contributed by atoms with Crippen LogP contribution in [0.5, 0.6) is 0 Å². The SMILES string of the molecule is CSC1=CC(C)=NC(=O)C1CNC(=O)c1c(C)n([C@H](C)C2CCC(NC3(C(F)(F)F)COC3)CC2)c2ncccc12. The normalized spacial score (nSPS) is 25.3. The summed E-state index contributed by atoms with van der Waals surface area (Å²) in [6, 6.07) is 3.43. The molecule has 1 unspecified atom stereocenters. The summed E-state index contributed by atoms with van der Waals surface area (Å²) in [6.45, 7) is 5.24. The zero-order valence-electron chi connectivity index (χ0n) is 23.7. The minimum absolute atomic E-state index is 0.0122. The van der Waals surface area contributed by atoms with Crippen LogP contribution in [0.15, 0.2) is 34.3 Å². The van der Waals surface area contributed by atoms with Crippen LogP contribution in [0.4, 0.5) is 13.2 Å². The van der Waals surface area contributed by atoms with Crippen LogP contribution in [0, 0.1) is 18.8 Å². The summed E-state index contributed by atoms with van der Waals surface area (Å²) in [4.78, 5) is 35.7. The summed E-state index contributed by atoms with van der Waals surface area (Å²) in [5.41, 5.74) is 0.711. The fraction of sp³-hybridized carbons (Fsp3) is 0.586. The molecular weight excluding hydrogens is 555 g/mol. The third-order valence-corrected chi connectivity index (χ3v) is 9.67. The molecule has 2 aliphatic heterocycles. The average Bonchev–Trinajstić information content (AvgIpc) is 3.20. The third-order valence-electron chi connectivity index (χ3n) is 8.80. The van der Waals surface area contributed by atoms with Crippen LogP contribution in [0.25, 0.3) is 11.0 Å². The second kappa shape index (κ2) is 11.5. The maximum absolute atomic E-state index is 13.6. The van der Waals surface area contributed by atoms with Gasteiger partial charge in [0, 0.05) is 46.5 Å². The van der Waals surface area contributed by atoms with Gasteiger partial charge < -0.3 is 14.6 Å². The van der Waals surface area contributed by atoms with Gasteiger partial charge in [-0.2, -0.15) is 13.2 Å². The van der Waals surface area contributed by atoms with E-state index in [1.807, 2.05) is 25.3 Å². The third kappa shape index (κ3) is 5.58. The number of pyridine rings is 1. The number of hydrogen-bond acceptors (Lipinski definition) is 6. The van der Waals surface area contributed by atoms with Gasteiger partial charge in [0.15, 0.2) is 5.54 Å². The molecule has 222 valence electrons. The van der Waals surface area contributed by atoms with Crippen molar-refractivity contribution in [1.82, 2.24) is 20.2 Å². The first kappa shape index (κ1) is 29.8. The quantitative estimate of drug-likeness (QED) is 0.450. The molecule has 2 N–H and O–H groups in total. The summed E-state index contributed by atoms with van der Waals surface area (Å²) >= 11 is 1.47. The predicted molar refractivity (Wildman–Crippen MR) is 153 cm³/mol. The van der Waals surface area contributed by atoms with E-state index in [1.54, 1.807) is 19.2 Å². The number of nitrogens with zero attached hydrogens (tertiary/aromatic N) is 3. The first-order chi connectivity index (χ1) is 19.5. The van der Waals surface area contributed by atoms with E-state index in [-0.39, 0.29) is 49.6 Å². The van der Waals surface area contributed by atoms with E-state index in [9.17, 15) is 22.8 Å². The van der Waals surface area contributed by atoms with E-state index < -0.39 is 17.6 Å². The Hall–Kier alpha value is -2.70. The summed E-state index contributed by atoms with van der Waals surface area (Å²) in [5, 5.41) is 6.55. The molecule has 0 bridgehead atoms. The second-order valence-electron chi connectivity index (χ2n) is 11.4. The van der Waals surface area contributed by atoms with Gasteiger partial charge in [0.1, 0.15) is 5.65 Å². The van der Waals surface area contributed by atoms with E-state index in [4.69, 9.17) is 4.74 Å². The fourth-order valence-corrected chi connectivity index (χ4v) is 7.17. The minimum Gasteiger partial charge on any atom is -0.377 e. The van der Waals surface area contributed by atoms with Crippen LogP contribution < -0.4 is 10.6 Å². The zero-order valence-corrected chi connectivity index (χ0v) is 24.5. The molecule has 2 aromatic rings. The Morgan fingerprint density at radius 3 is 2.56 bits per heavy atom. The summed E-state index contributed by atoms with van der Waals surface area (Å²) in [7, 11) is 0. The zero-order chi connectivity index (χ0) is 29.5. The van der Waals surface area contributed by atoms with Gasteiger partial charge in [0.05, 0.1) is 24.7 Å². The molecule has 12 heteroatoms. The Morgan fingerprint density at radius 2 is 1.95 bits per heavy atom. The Kier molecular flexibility index (Phi) is 8.37. The average molecular weight is 592 g/mol. The molecule has 1 saturated carbocycles. The van der Waals surface area contributed by atoms with Crippen molar-refractivity contribution >= 4 is 40.3 Å². The van der Waals surface area contributed by atoms with Crippen molar-refractivity contribution in [2.24, 2.45) is 16.8 Å². The number of halogens is 3. The molecule has 0 spiro atoms. The molecule has 4 heterocycles. The molecular formula is C29H36F3N5O3S. The highest BCUT2D eigenvalue weighted by Gasteiger charge is 2.60. The lowest BCUT2D eigenvalue weighted by Crippen LogP contribution is -2.71. The van der Waals surface area contributed by atoms with Crippen LogP contribution >= 0.6 is 11.8 Å². The van der Waals surface area contributed by atoms with Crippen molar-refractivity contribution in [2.45, 2.75) is 70.3 Å². The number of amides is 2. The van der Waals surface area contributed by atoms with Gasteiger partial charge in [-0.05, 0) is 76.8 Å². The van der Waals surface area contributed by atoms with E-state index in [1.165, 1.54) is 11.8 Å². The number of rotatable bonds is 8. The molecule has 3 aliphatic rings. The van der Waals surface area contributed by atoms with Crippen LogP contribution in [-0.4, -0.2) is 70.8 Å². The van der Waals surface area contributed by atoms with Crippen molar-refractivity contribution in [3.8, 4) is 0 Å². The molecule has 1 saturated heterocycles. The molecule has 5 rings (SSSR count). The standard InChI is InChI=1S/C29H36F3N5O3S/c1-16-12-23(41-4)22(26(38)35-16)13-34-27(39)24-18(3)37(25-21(24)6-5-11-33-25)17(2)19-7-9-20(10-8-19)36-28(14-40-15-28)29(30,31)32/h5-6,11-12,17,19-20,22,36H,7-10,13-15H2,1-4H3,(H,34,39)/t17-,19?,20?,22?/m1/s1. The number of ether oxygens (including phenoxy) is 1. The summed E-state index contributed by atoms with van der Waals surface area (Å²) in [5.74, 6) is -0.843. The van der Waals surface area contributed by atoms with Crippen LogP contribution in [-0.2, 0) is 9.53 Å². The lowest BCUT2D eigenvalue weighted by Gasteiger charge is -2.46. The lowest BCUT2D eigenvalue weighted by molar-refractivity contribution is -0.270. The number of fused-ring (bicyclic) bond motifs is 1. The topological polar surface area (TPSA) is 97.6 Å². The predicted octanol–water partition coefficient (Wildman–Crippen LogP) is 4.98. The smallest absolute Gasteiger partial charge is 0.377 e. The Bertz CT molecular complexity index is 1390. The number of aliphatic imine (C=N–C) groups is 1. The highest BCUT2D eigenvalue weighted by atomic mass is 32.2. The number of carbonyl (C=O) groups excluding carboxylic acids is 2. The van der Waals surface area contributed by atoms with Gasteiger partial charge in [-0.3, -0.25) is 14.9 Å². The van der Waals surface area contributed by atoms with Gasteiger partial charge >= 0.3 is 6.18 Å². The first-order valence-electron chi connectivity index (χ1n) is 14.0. The molecule has 2 fully saturated rings. The highest BCUT2D eigenvalue weighted by molar-refractivity contribution is 8.02. The van der Waals surface area contributed by atoms with Crippen LogP contribution in [0.1, 0.15) is 61.6 Å². The largest absolute Gasteiger partial charge is 0.411 e. The van der Waals surface area contributed by atoms with Crippen molar-refractivity contribution < 1.29 is 27.5 Å². The van der Waals surface area contributed by atoms with Gasteiger partial charge in [0.2, 0.25) is 0 Å². The summed E-state index contributed by atoms with van der Waals surface area (Å²) in [6.07, 6.45) is 3.91. The van der Waals surface area contributed by atoms with Crippen LogP contribution in [0.2, 0.25) is 0 Å². The first-order valence-corrected chi connectivity index (χ1v) is 15.2. The number of alkyl halides is 3. The molecule has 2 amide bonds. The second-order valence-corrected chi connectivity index (χ2v) is 12.3. The number of allylic oxidation sites excluding steroid dienone is 1. The highest BCUT2D eigenvalue weighted by Crippen LogP contribution is 2.41. The van der Waals surface area contributed by atoms with Gasteiger partial charge in [0.25, 0.3) is 11.8 Å². The molecule has 1 aliphatic carbocycles. The maximum atomic E-state index is 13.6. The number of nitrogens with one attached hydrogen (secondary N) is 2. The number of aromatic nitrogens is 2. The van der Waals surface area contributed by atoms with Gasteiger partial charge in [-0.25, -0.2) is 9.98 Å². The Morgan fingerprint density at radius 1 is 1.24 bits per heavy atom. The monoisotopic (exact) mass is 591 g/mol. The molecule has 0 radical (unpaired) electrons. The number of dihydropyridines is 1. The van der Waals surface area contributed by atoms with Crippen molar-refractivity contribution in [1.29, 1.82) is 0 Å². The van der Waals surface area contributed by atoms with Gasteiger partial charge in [-0.1, -0.05) is 0 Å². The van der Waals surface area contributed by atoms with Crippen molar-refractivity contribution in [3.05, 3.63) is 40.6 Å². The Labute approximate surface area is 241 Å². The van der Waals surface area contributed by atoms with E-state index in [2.05, 4.69) is 32.1 Å².